The molecule has 2 aliphatic rings. The second-order valence-corrected chi connectivity index (χ2v) is 25.5. The van der Waals surface area contributed by atoms with Crippen LogP contribution in [0.1, 0.15) is 79.9 Å². The minimum atomic E-state index is -0.945. The van der Waals surface area contributed by atoms with Gasteiger partial charge >= 0.3 is 0 Å². The molecule has 0 amide bonds. The number of hydrogen-bond acceptors (Lipinski definition) is 4. The summed E-state index contributed by atoms with van der Waals surface area (Å²) in [6.07, 6.45) is 17.0. The largest absolute Gasteiger partial charge is 0.454 e. The molecule has 350 valence electrons. The first-order chi connectivity index (χ1) is 34.8. The summed E-state index contributed by atoms with van der Waals surface area (Å²) in [6.45, 7) is 2.18. The molecule has 14 rings (SSSR count). The lowest BCUT2D eigenvalue weighted by Gasteiger charge is -2.32. The maximum absolute atomic E-state index is 6.95. The van der Waals surface area contributed by atoms with Crippen LogP contribution in [0.4, 0.5) is 34.1 Å². The SMILES string of the molecule is Cc1ccc(N(c2cc(C3CCCC3)c3ccc4c(N(c5ccc(S(C)(C)C)cc5)c5cccc6c5oc5ccccc56)cc(C5CCCC5)c5ccc2c3c54)c2cccc3c2oc2ccccc23)cc1. The number of para-hydroxylation sites is 4. The van der Waals surface area contributed by atoms with Crippen LogP contribution in [0.5, 0.6) is 0 Å². The number of anilines is 6. The smallest absolute Gasteiger partial charge is 0.159 e. The number of rotatable bonds is 9. The molecular weight excluding hydrogens is 885 g/mol. The van der Waals surface area contributed by atoms with E-state index in [4.69, 9.17) is 8.83 Å². The number of nitrogens with zero attached hydrogens (tertiary/aromatic N) is 2. The molecule has 2 aromatic heterocycles. The average Bonchev–Trinajstić information content (AvgIpc) is 4.25. The zero-order valence-corrected chi connectivity index (χ0v) is 41.9. The second kappa shape index (κ2) is 16.4. The molecule has 0 bridgehead atoms. The Balaban J connectivity index is 1.11. The molecule has 5 heteroatoms. The Kier molecular flexibility index (Phi) is 9.87. The molecule has 0 saturated heterocycles. The van der Waals surface area contributed by atoms with E-state index in [1.54, 1.807) is 0 Å². The van der Waals surface area contributed by atoms with Crippen molar-refractivity contribution in [3.8, 4) is 0 Å². The van der Waals surface area contributed by atoms with Gasteiger partial charge in [-0.25, -0.2) is 10.0 Å². The van der Waals surface area contributed by atoms with E-state index in [9.17, 15) is 0 Å². The van der Waals surface area contributed by atoms with Crippen LogP contribution in [0.15, 0.2) is 184 Å². The van der Waals surface area contributed by atoms with Crippen LogP contribution in [0, 0.1) is 6.92 Å². The Labute approximate surface area is 417 Å². The predicted molar refractivity (Wildman–Crippen MR) is 305 cm³/mol. The van der Waals surface area contributed by atoms with E-state index in [0.29, 0.717) is 11.8 Å². The highest BCUT2D eigenvalue weighted by Gasteiger charge is 2.31. The summed E-state index contributed by atoms with van der Waals surface area (Å²) in [5.74, 6) is 0.942. The van der Waals surface area contributed by atoms with Crippen LogP contribution in [0.2, 0.25) is 0 Å². The van der Waals surface area contributed by atoms with Crippen molar-refractivity contribution in [2.75, 3.05) is 28.6 Å². The monoisotopic (exact) mass is 942 g/mol. The molecule has 0 atom stereocenters. The fraction of sp³-hybridized carbons (Fsp3) is 0.212. The highest BCUT2D eigenvalue weighted by atomic mass is 32.3. The molecule has 0 spiro atoms. The zero-order chi connectivity index (χ0) is 47.5. The summed E-state index contributed by atoms with van der Waals surface area (Å²) < 4.78 is 13.9. The van der Waals surface area contributed by atoms with Crippen LogP contribution >= 0.6 is 10.0 Å². The predicted octanol–water partition coefficient (Wildman–Crippen LogP) is 20.0. The van der Waals surface area contributed by atoms with Gasteiger partial charge in [0.25, 0.3) is 0 Å². The molecular formula is C66H58N2O2S. The van der Waals surface area contributed by atoms with Crippen molar-refractivity contribution in [1.29, 1.82) is 0 Å². The molecule has 2 saturated carbocycles. The van der Waals surface area contributed by atoms with Crippen molar-refractivity contribution in [3.63, 3.8) is 0 Å². The van der Waals surface area contributed by atoms with Gasteiger partial charge in [0.15, 0.2) is 11.2 Å². The maximum Gasteiger partial charge on any atom is 0.159 e. The third-order valence-electron chi connectivity index (χ3n) is 16.3. The van der Waals surface area contributed by atoms with Crippen molar-refractivity contribution in [3.05, 3.63) is 187 Å². The Hall–Kier alpha value is -7.21. The van der Waals surface area contributed by atoms with E-state index in [1.165, 1.54) is 117 Å². The van der Waals surface area contributed by atoms with E-state index in [2.05, 4.69) is 205 Å². The number of aryl methyl sites for hydroxylation is 1. The normalized spacial score (nSPS) is 15.3. The molecule has 2 heterocycles. The Morgan fingerprint density at radius 3 is 1.25 bits per heavy atom. The van der Waals surface area contributed by atoms with Crippen molar-refractivity contribution in [2.24, 2.45) is 0 Å². The first-order valence-corrected chi connectivity index (χ1v) is 28.7. The van der Waals surface area contributed by atoms with Crippen molar-refractivity contribution in [2.45, 2.75) is 75.0 Å². The molecule has 0 radical (unpaired) electrons. The van der Waals surface area contributed by atoms with Crippen LogP contribution in [-0.2, 0) is 0 Å². The summed E-state index contributed by atoms with van der Waals surface area (Å²) in [4.78, 5) is 6.45. The summed E-state index contributed by atoms with van der Waals surface area (Å²) in [5, 5.41) is 12.6. The van der Waals surface area contributed by atoms with E-state index in [-0.39, 0.29) is 0 Å². The van der Waals surface area contributed by atoms with Gasteiger partial charge in [-0.05, 0) is 174 Å². The Bertz CT molecular complexity index is 4010. The fourth-order valence-electron chi connectivity index (χ4n) is 12.9. The Morgan fingerprint density at radius 2 is 0.803 bits per heavy atom. The molecule has 4 nitrogen and oxygen atoms in total. The van der Waals surface area contributed by atoms with Gasteiger partial charge in [-0.3, -0.25) is 0 Å². The fourth-order valence-corrected chi connectivity index (χ4v) is 13.8. The first kappa shape index (κ1) is 42.7. The zero-order valence-electron chi connectivity index (χ0n) is 41.1. The number of hydrogen-bond donors (Lipinski definition) is 0. The summed E-state index contributed by atoms with van der Waals surface area (Å²) >= 11 is 0. The lowest BCUT2D eigenvalue weighted by molar-refractivity contribution is 0.668. The van der Waals surface area contributed by atoms with E-state index in [0.717, 1.165) is 66.6 Å². The molecule has 2 aliphatic carbocycles. The molecule has 71 heavy (non-hydrogen) atoms. The van der Waals surface area contributed by atoms with Crippen LogP contribution in [-0.4, -0.2) is 18.8 Å². The van der Waals surface area contributed by atoms with Gasteiger partial charge < -0.3 is 18.6 Å². The minimum absolute atomic E-state index is 0.470. The third kappa shape index (κ3) is 6.80. The minimum Gasteiger partial charge on any atom is -0.454 e. The number of benzene rings is 10. The lowest BCUT2D eigenvalue weighted by Crippen LogP contribution is -2.13. The van der Waals surface area contributed by atoms with Crippen molar-refractivity contribution < 1.29 is 8.83 Å². The lowest BCUT2D eigenvalue weighted by atomic mass is 9.82. The average molecular weight is 943 g/mol. The molecule has 0 unspecified atom stereocenters. The van der Waals surface area contributed by atoms with Gasteiger partial charge in [0.05, 0.1) is 22.7 Å². The van der Waals surface area contributed by atoms with Gasteiger partial charge in [-0.1, -0.05) is 128 Å². The first-order valence-electron chi connectivity index (χ1n) is 25.8. The quantitative estimate of drug-likeness (QED) is 0.135. The van der Waals surface area contributed by atoms with Gasteiger partial charge in [-0.2, -0.15) is 0 Å². The van der Waals surface area contributed by atoms with Gasteiger partial charge in [0.2, 0.25) is 0 Å². The summed E-state index contributed by atoms with van der Waals surface area (Å²) in [5.41, 5.74) is 14.6. The van der Waals surface area contributed by atoms with Crippen LogP contribution < -0.4 is 9.80 Å². The number of fused-ring (bicyclic) bond motifs is 6. The van der Waals surface area contributed by atoms with Gasteiger partial charge in [-0.15, -0.1) is 0 Å². The van der Waals surface area contributed by atoms with Crippen LogP contribution in [0.25, 0.3) is 76.2 Å². The second-order valence-electron chi connectivity index (χ2n) is 21.3. The molecule has 0 N–H and O–H groups in total. The van der Waals surface area contributed by atoms with Crippen LogP contribution in [0.3, 0.4) is 0 Å². The maximum atomic E-state index is 6.95. The van der Waals surface area contributed by atoms with Crippen molar-refractivity contribution in [1.82, 2.24) is 0 Å². The number of furan rings is 2. The van der Waals surface area contributed by atoms with E-state index in [1.807, 2.05) is 0 Å². The Morgan fingerprint density at radius 1 is 0.394 bits per heavy atom. The molecule has 0 aliphatic heterocycles. The van der Waals surface area contributed by atoms with E-state index >= 15 is 0 Å². The topological polar surface area (TPSA) is 32.8 Å². The highest BCUT2D eigenvalue weighted by molar-refractivity contribution is 8.32. The molecule has 2 fully saturated rings. The highest BCUT2D eigenvalue weighted by Crippen LogP contribution is 2.55. The summed E-state index contributed by atoms with van der Waals surface area (Å²) in [7, 11) is -0.945. The van der Waals surface area contributed by atoms with Gasteiger partial charge in [0.1, 0.15) is 11.2 Å². The summed E-state index contributed by atoms with van der Waals surface area (Å²) in [6, 6.07) is 64.0. The standard InChI is InChI=1S/C66H58N2O2S/c1-41-27-29-44(30-28-41)67(57-23-13-21-51-47-19-9-11-25-61(47)69-65(51)57)59-39-55(42-15-5-6-16-42)49-36-38-54-60(40-56(43-17-7-8-18-43)50-35-37-53(59)63(49)64(50)54)68(45-31-33-46(34-32-45)71(2,3)4)58-24-14-22-52-48-20-10-12-26-62(48)70-66(52)58/h9-14,19-40,42-43H,5-8,15-18H2,1-4H3. The molecule has 10 aromatic carbocycles. The van der Waals surface area contributed by atoms with Gasteiger partial charge in [0, 0.05) is 43.7 Å². The van der Waals surface area contributed by atoms with E-state index < -0.39 is 10.0 Å². The molecule has 12 aromatic rings. The van der Waals surface area contributed by atoms with Crippen molar-refractivity contribution >= 4 is 120 Å². The third-order valence-corrected chi connectivity index (χ3v) is 18.0.